The van der Waals surface area contributed by atoms with Crippen LogP contribution in [0.3, 0.4) is 0 Å². The van der Waals surface area contributed by atoms with E-state index in [4.69, 9.17) is 0 Å². The summed E-state index contributed by atoms with van der Waals surface area (Å²) in [7, 11) is 0. The van der Waals surface area contributed by atoms with Crippen LogP contribution in [0, 0.1) is 0 Å². The summed E-state index contributed by atoms with van der Waals surface area (Å²) in [6.45, 7) is 9.59. The van der Waals surface area contributed by atoms with Gasteiger partial charge in [-0.1, -0.05) is 123 Å². The molecule has 7 nitrogen and oxygen atoms in total. The van der Waals surface area contributed by atoms with Crippen LogP contribution in [0.4, 0.5) is 0 Å². The lowest BCUT2D eigenvalue weighted by atomic mass is 9.91. The summed E-state index contributed by atoms with van der Waals surface area (Å²) in [6, 6.07) is -3.32. The zero-order valence-corrected chi connectivity index (χ0v) is 28.2. The normalized spacial score (nSPS) is 15.0. The van der Waals surface area contributed by atoms with E-state index < -0.39 is 40.5 Å². The van der Waals surface area contributed by atoms with E-state index in [-0.39, 0.29) is 25.8 Å². The minimum absolute atomic E-state index is 0.208. The van der Waals surface area contributed by atoms with Crippen LogP contribution in [-0.2, 0) is 14.4 Å². The molecule has 0 aromatic heterocycles. The molecular formula is C36H67NO6. The highest BCUT2D eigenvalue weighted by atomic mass is 16.4. The summed E-state index contributed by atoms with van der Waals surface area (Å²) in [5.41, 5.74) is 0. The number of allylic oxidation sites excluding steroid dienone is 1. The smallest absolute Gasteiger partial charge is 0.362 e. The molecule has 7 heteroatoms. The molecule has 2 N–H and O–H groups in total. The summed E-state index contributed by atoms with van der Waals surface area (Å²) in [6.07, 6.45) is 26.0. The second kappa shape index (κ2) is 26.5. The van der Waals surface area contributed by atoms with Gasteiger partial charge in [0.25, 0.3) is 0 Å². The molecule has 0 heterocycles. The Bertz CT molecular complexity index is 679. The van der Waals surface area contributed by atoms with Crippen LogP contribution >= 0.6 is 0 Å². The Kier molecular flexibility index (Phi) is 25.3. The third-order valence-electron chi connectivity index (χ3n) is 9.22. The first-order chi connectivity index (χ1) is 20.7. The lowest BCUT2D eigenvalue weighted by molar-refractivity contribution is -0.975. The summed E-state index contributed by atoms with van der Waals surface area (Å²) >= 11 is 0. The van der Waals surface area contributed by atoms with Crippen LogP contribution in [0.1, 0.15) is 175 Å². The van der Waals surface area contributed by atoms with E-state index in [9.17, 15) is 29.7 Å². The lowest BCUT2D eigenvalue weighted by Gasteiger charge is -2.52. The fourth-order valence-corrected chi connectivity index (χ4v) is 6.96. The summed E-state index contributed by atoms with van der Waals surface area (Å²) in [5, 5.41) is 33.0. The van der Waals surface area contributed by atoms with Crippen molar-refractivity contribution in [1.82, 2.24) is 0 Å². The van der Waals surface area contributed by atoms with Crippen molar-refractivity contribution in [3.05, 3.63) is 12.7 Å². The maximum Gasteiger partial charge on any atom is 0.362 e. The number of hydrogen-bond donors (Lipinski definition) is 2. The van der Waals surface area contributed by atoms with Crippen molar-refractivity contribution in [3.63, 3.8) is 0 Å². The maximum absolute atomic E-state index is 12.6. The quantitative estimate of drug-likeness (QED) is 0.0449. The van der Waals surface area contributed by atoms with E-state index in [1.54, 1.807) is 0 Å². The van der Waals surface area contributed by atoms with Gasteiger partial charge in [-0.3, -0.25) is 4.48 Å². The first-order valence-corrected chi connectivity index (χ1v) is 17.9. The number of hydrogen-bond acceptors (Lipinski definition) is 4. The van der Waals surface area contributed by atoms with Gasteiger partial charge in [-0.05, 0) is 38.5 Å². The molecule has 3 atom stereocenters. The van der Waals surface area contributed by atoms with E-state index >= 15 is 0 Å². The highest BCUT2D eigenvalue weighted by molar-refractivity contribution is 5.77. The Hall–Kier alpha value is -1.89. The first kappa shape index (κ1) is 41.1. The predicted octanol–water partition coefficient (Wildman–Crippen LogP) is 8.44. The number of carbonyl (C=O) groups is 3. The van der Waals surface area contributed by atoms with Gasteiger partial charge >= 0.3 is 11.9 Å². The summed E-state index contributed by atoms with van der Waals surface area (Å²) in [5.74, 6) is -3.55. The molecule has 0 aromatic carbocycles. The molecule has 0 saturated carbocycles. The molecule has 0 amide bonds. The lowest BCUT2D eigenvalue weighted by Crippen LogP contribution is -2.74. The molecule has 0 saturated heterocycles. The minimum atomic E-state index is -1.33. The van der Waals surface area contributed by atoms with Crippen LogP contribution in [0.25, 0.3) is 0 Å². The highest BCUT2D eigenvalue weighted by Gasteiger charge is 2.54. The van der Waals surface area contributed by atoms with Gasteiger partial charge in [0.2, 0.25) is 0 Å². The summed E-state index contributed by atoms with van der Waals surface area (Å²) in [4.78, 5) is 37.6. The molecule has 0 bridgehead atoms. The zero-order chi connectivity index (χ0) is 32.3. The number of carbonyl (C=O) groups excluding carboxylic acids is 1. The van der Waals surface area contributed by atoms with Crippen molar-refractivity contribution >= 4 is 17.9 Å². The fraction of sp³-hybridized carbons (Fsp3) is 0.861. The molecule has 43 heavy (non-hydrogen) atoms. The van der Waals surface area contributed by atoms with Crippen molar-refractivity contribution < 1.29 is 34.2 Å². The molecule has 0 fully saturated rings. The zero-order valence-electron chi connectivity index (χ0n) is 28.2. The maximum atomic E-state index is 12.6. The molecule has 0 spiro atoms. The van der Waals surface area contributed by atoms with Crippen LogP contribution in [0.2, 0.25) is 0 Å². The van der Waals surface area contributed by atoms with Crippen molar-refractivity contribution in [3.8, 4) is 0 Å². The van der Waals surface area contributed by atoms with Crippen molar-refractivity contribution in [2.75, 3.05) is 6.54 Å². The van der Waals surface area contributed by atoms with Gasteiger partial charge in [0, 0.05) is 19.3 Å². The number of carboxylic acids is 3. The Morgan fingerprint density at radius 3 is 1.16 bits per heavy atom. The van der Waals surface area contributed by atoms with Crippen molar-refractivity contribution in [1.29, 1.82) is 0 Å². The number of aliphatic carboxylic acids is 3. The second-order valence-corrected chi connectivity index (χ2v) is 12.7. The van der Waals surface area contributed by atoms with Crippen molar-refractivity contribution in [2.45, 2.75) is 193 Å². The molecule has 0 aliphatic carbocycles. The largest absolute Gasteiger partial charge is 0.544 e. The third-order valence-corrected chi connectivity index (χ3v) is 9.22. The SMILES string of the molecule is C=CCCCCCCCCCCCCCCCCCCC[N+](C(CCC)C(=O)[O-])(C(CCC)C(=O)O)C(CCC)C(=O)O. The summed E-state index contributed by atoms with van der Waals surface area (Å²) < 4.78 is -0.432. The number of unbranched alkanes of at least 4 members (excludes halogenated alkanes) is 17. The second-order valence-electron chi connectivity index (χ2n) is 12.7. The average molecular weight is 610 g/mol. The van der Waals surface area contributed by atoms with Crippen LogP contribution < -0.4 is 5.11 Å². The van der Waals surface area contributed by atoms with Gasteiger partial charge in [0.1, 0.15) is 6.04 Å². The van der Waals surface area contributed by atoms with Crippen molar-refractivity contribution in [2.24, 2.45) is 0 Å². The Morgan fingerprint density at radius 1 is 0.581 bits per heavy atom. The standard InChI is InChI=1S/C36H67NO6/c1-5-9-10-11-12-13-14-15-16-17-18-19-20-21-22-23-24-25-26-30-37(31(27-6-2)34(38)39,32(28-7-3)35(40)41)33(29-8-4)36(42)43/h5,31-33H,1,6-30H2,2-4H3,(H2-,38,39,40,41,42,43). The molecule has 0 aliphatic heterocycles. The third kappa shape index (κ3) is 16.7. The Morgan fingerprint density at radius 2 is 0.884 bits per heavy atom. The first-order valence-electron chi connectivity index (χ1n) is 17.9. The van der Waals surface area contributed by atoms with Crippen LogP contribution in [0.5, 0.6) is 0 Å². The predicted molar refractivity (Wildman–Crippen MR) is 175 cm³/mol. The Labute approximate surface area is 264 Å². The fourth-order valence-electron chi connectivity index (χ4n) is 6.96. The molecule has 0 aromatic rings. The number of rotatable bonds is 32. The monoisotopic (exact) mass is 609 g/mol. The molecular weight excluding hydrogens is 542 g/mol. The molecule has 3 unspecified atom stereocenters. The number of quaternary nitrogens is 1. The van der Waals surface area contributed by atoms with Gasteiger partial charge in [0.05, 0.1) is 12.5 Å². The molecule has 252 valence electrons. The van der Waals surface area contributed by atoms with E-state index in [0.717, 1.165) is 25.7 Å². The van der Waals surface area contributed by atoms with Gasteiger partial charge < -0.3 is 20.1 Å². The van der Waals surface area contributed by atoms with E-state index in [2.05, 4.69) is 6.58 Å². The van der Waals surface area contributed by atoms with Gasteiger partial charge in [-0.15, -0.1) is 6.58 Å². The molecule has 0 rings (SSSR count). The van der Waals surface area contributed by atoms with E-state index in [1.165, 1.54) is 83.5 Å². The van der Waals surface area contributed by atoms with E-state index in [0.29, 0.717) is 25.7 Å². The number of carboxylic acid groups (broad SMARTS) is 3. The van der Waals surface area contributed by atoms with Gasteiger partial charge in [-0.25, -0.2) is 9.59 Å². The van der Waals surface area contributed by atoms with E-state index in [1.807, 2.05) is 26.8 Å². The highest BCUT2D eigenvalue weighted by Crippen LogP contribution is 2.34. The van der Waals surface area contributed by atoms with Gasteiger partial charge in [-0.2, -0.15) is 0 Å². The van der Waals surface area contributed by atoms with Crippen LogP contribution in [-0.4, -0.2) is 57.3 Å². The minimum Gasteiger partial charge on any atom is -0.544 e. The molecule has 0 aliphatic rings. The Balaban J connectivity index is 4.77. The molecule has 0 radical (unpaired) electrons. The van der Waals surface area contributed by atoms with Crippen LogP contribution in [0.15, 0.2) is 12.7 Å². The van der Waals surface area contributed by atoms with Gasteiger partial charge in [0.15, 0.2) is 12.1 Å². The number of nitrogens with zero attached hydrogens (tertiary/aromatic N) is 1. The average Bonchev–Trinajstić information content (AvgIpc) is 2.97. The topological polar surface area (TPSA) is 115 Å².